The normalized spacial score (nSPS) is 24.8. The standard InChI is InChI=1S/C16H17F3N4O/c1-22-11-3-2-9(15(22)24)7-23(8-11)14-5-10(16(17,18)19)4-13-12(14)6-20-21-13/h4-6,9,11H,2-3,7-8H2,1H3,(H,20,21)/t9-,11+/m1/s1. The number of carbonyl (C=O) groups excluding carboxylic acids is 1. The lowest BCUT2D eigenvalue weighted by atomic mass is 9.95. The molecule has 3 aliphatic heterocycles. The maximum atomic E-state index is 13.2. The smallest absolute Gasteiger partial charge is 0.368 e. The van der Waals surface area contributed by atoms with Crippen molar-refractivity contribution in [3.8, 4) is 0 Å². The van der Waals surface area contributed by atoms with E-state index in [9.17, 15) is 18.0 Å². The number of hydrogen-bond acceptors (Lipinski definition) is 3. The Morgan fingerprint density at radius 3 is 2.79 bits per heavy atom. The summed E-state index contributed by atoms with van der Waals surface area (Å²) in [6.07, 6.45) is -1.20. The van der Waals surface area contributed by atoms with Crippen LogP contribution in [0.3, 0.4) is 0 Å². The van der Waals surface area contributed by atoms with Gasteiger partial charge in [0, 0.05) is 37.3 Å². The number of nitrogens with zero attached hydrogens (tertiary/aromatic N) is 3. The van der Waals surface area contributed by atoms with Gasteiger partial charge in [0.2, 0.25) is 5.91 Å². The highest BCUT2D eigenvalue weighted by Crippen LogP contribution is 2.38. The van der Waals surface area contributed by atoms with Gasteiger partial charge in [0.05, 0.1) is 23.2 Å². The number of halogens is 3. The van der Waals surface area contributed by atoms with E-state index in [-0.39, 0.29) is 17.9 Å². The molecule has 0 unspecified atom stereocenters. The van der Waals surface area contributed by atoms with E-state index in [1.54, 1.807) is 18.1 Å². The van der Waals surface area contributed by atoms with Crippen LogP contribution in [0.4, 0.5) is 18.9 Å². The van der Waals surface area contributed by atoms with Gasteiger partial charge in [0.25, 0.3) is 0 Å². The molecule has 2 bridgehead atoms. The molecule has 0 radical (unpaired) electrons. The first-order chi connectivity index (χ1) is 11.3. The van der Waals surface area contributed by atoms with Gasteiger partial charge >= 0.3 is 6.18 Å². The summed E-state index contributed by atoms with van der Waals surface area (Å²) < 4.78 is 39.7. The molecule has 1 N–H and O–H groups in total. The molecule has 1 aromatic carbocycles. The van der Waals surface area contributed by atoms with Crippen molar-refractivity contribution in [2.45, 2.75) is 25.1 Å². The van der Waals surface area contributed by atoms with Crippen molar-refractivity contribution in [3.63, 3.8) is 0 Å². The van der Waals surface area contributed by atoms with Crippen molar-refractivity contribution in [2.75, 3.05) is 25.0 Å². The van der Waals surface area contributed by atoms with Crippen LogP contribution in [0.25, 0.3) is 10.9 Å². The summed E-state index contributed by atoms with van der Waals surface area (Å²) >= 11 is 0. The monoisotopic (exact) mass is 338 g/mol. The lowest BCUT2D eigenvalue weighted by molar-refractivity contribution is -0.138. The van der Waals surface area contributed by atoms with Gasteiger partial charge in [-0.15, -0.1) is 0 Å². The van der Waals surface area contributed by atoms with Gasteiger partial charge in [0.15, 0.2) is 0 Å². The van der Waals surface area contributed by atoms with Crippen molar-refractivity contribution in [3.05, 3.63) is 23.9 Å². The molecule has 128 valence electrons. The van der Waals surface area contributed by atoms with Gasteiger partial charge in [-0.3, -0.25) is 9.89 Å². The van der Waals surface area contributed by atoms with Crippen molar-refractivity contribution < 1.29 is 18.0 Å². The first-order valence-corrected chi connectivity index (χ1v) is 7.90. The summed E-state index contributed by atoms with van der Waals surface area (Å²) in [5.74, 6) is -0.0746. The first-order valence-electron chi connectivity index (χ1n) is 7.90. The number of fused-ring (bicyclic) bond motifs is 5. The first kappa shape index (κ1) is 15.3. The van der Waals surface area contributed by atoms with Gasteiger partial charge in [0.1, 0.15) is 0 Å². The molecule has 2 atom stereocenters. The van der Waals surface area contributed by atoms with E-state index in [1.807, 2.05) is 4.90 Å². The van der Waals surface area contributed by atoms with Crippen LogP contribution in [0.15, 0.2) is 18.3 Å². The Kier molecular flexibility index (Phi) is 3.26. The summed E-state index contributed by atoms with van der Waals surface area (Å²) in [4.78, 5) is 16.0. The summed E-state index contributed by atoms with van der Waals surface area (Å²) in [5, 5.41) is 7.17. The molecule has 3 fully saturated rings. The minimum Gasteiger partial charge on any atom is -0.368 e. The fourth-order valence-electron chi connectivity index (χ4n) is 3.81. The zero-order valence-corrected chi connectivity index (χ0v) is 13.1. The molecule has 1 aromatic heterocycles. The molecule has 0 aliphatic carbocycles. The van der Waals surface area contributed by atoms with Crippen molar-refractivity contribution >= 4 is 22.5 Å². The number of aromatic nitrogens is 2. The third kappa shape index (κ3) is 2.32. The number of anilines is 1. The van der Waals surface area contributed by atoms with Crippen molar-refractivity contribution in [2.24, 2.45) is 5.92 Å². The molecule has 5 nitrogen and oxygen atoms in total. The Bertz CT molecular complexity index is 800. The largest absolute Gasteiger partial charge is 0.416 e. The molecule has 0 spiro atoms. The number of aromatic amines is 1. The molecule has 3 saturated heterocycles. The number of alkyl halides is 3. The lowest BCUT2D eigenvalue weighted by Crippen LogP contribution is -2.45. The molecule has 8 heteroatoms. The van der Waals surface area contributed by atoms with E-state index < -0.39 is 11.7 Å². The summed E-state index contributed by atoms with van der Waals surface area (Å²) in [7, 11) is 1.78. The SMILES string of the molecule is CN1C(=O)[C@@H]2CC[C@H]1CN(c1cc(C(F)(F)F)cc3[nH]ncc13)C2. The van der Waals surface area contributed by atoms with Gasteiger partial charge in [-0.25, -0.2) is 0 Å². The minimum absolute atomic E-state index is 0.0349. The minimum atomic E-state index is -4.43. The topological polar surface area (TPSA) is 52.2 Å². The van der Waals surface area contributed by atoms with Gasteiger partial charge in [-0.2, -0.15) is 18.3 Å². The van der Waals surface area contributed by atoms with E-state index >= 15 is 0 Å². The molecular formula is C16H17F3N4O. The Balaban J connectivity index is 1.81. The predicted molar refractivity (Wildman–Crippen MR) is 82.6 cm³/mol. The van der Waals surface area contributed by atoms with Crippen LogP contribution in [0.2, 0.25) is 0 Å². The number of likely N-dealkylation sites (N-methyl/N-ethyl adjacent to an activating group) is 1. The molecule has 2 aromatic rings. The average Bonchev–Trinajstić information content (AvgIpc) is 2.84. The fourth-order valence-corrected chi connectivity index (χ4v) is 3.81. The second-order valence-corrected chi connectivity index (χ2v) is 6.61. The molecule has 24 heavy (non-hydrogen) atoms. The van der Waals surface area contributed by atoms with Crippen LogP contribution in [0, 0.1) is 5.92 Å². The van der Waals surface area contributed by atoms with Gasteiger partial charge in [-0.1, -0.05) is 0 Å². The zero-order valence-electron chi connectivity index (χ0n) is 13.1. The molecule has 5 rings (SSSR count). The van der Waals surface area contributed by atoms with Crippen LogP contribution in [-0.2, 0) is 11.0 Å². The number of piperidine rings is 1. The predicted octanol–water partition coefficient (Wildman–Crippen LogP) is 2.64. The summed E-state index contributed by atoms with van der Waals surface area (Å²) in [6.45, 7) is 0.988. The van der Waals surface area contributed by atoms with Crippen LogP contribution < -0.4 is 4.90 Å². The van der Waals surface area contributed by atoms with Crippen LogP contribution in [0.1, 0.15) is 18.4 Å². The maximum absolute atomic E-state index is 13.2. The number of benzene rings is 1. The number of H-pyrrole nitrogens is 1. The molecule has 4 heterocycles. The molecule has 3 aliphatic rings. The van der Waals surface area contributed by atoms with E-state index in [1.165, 1.54) is 6.07 Å². The van der Waals surface area contributed by atoms with Crippen LogP contribution >= 0.6 is 0 Å². The van der Waals surface area contributed by atoms with Crippen LogP contribution in [0.5, 0.6) is 0 Å². The Hall–Kier alpha value is -2.25. The quantitative estimate of drug-likeness (QED) is 0.870. The van der Waals surface area contributed by atoms with E-state index in [4.69, 9.17) is 0 Å². The highest BCUT2D eigenvalue weighted by Gasteiger charge is 2.40. The highest BCUT2D eigenvalue weighted by molar-refractivity contribution is 5.93. The van der Waals surface area contributed by atoms with Gasteiger partial charge in [-0.05, 0) is 25.0 Å². The number of hydrogen-bond donors (Lipinski definition) is 1. The van der Waals surface area contributed by atoms with E-state index in [0.717, 1.165) is 18.9 Å². The number of rotatable bonds is 1. The van der Waals surface area contributed by atoms with E-state index in [2.05, 4.69) is 10.2 Å². The molecular weight excluding hydrogens is 321 g/mol. The lowest BCUT2D eigenvalue weighted by Gasteiger charge is -2.32. The van der Waals surface area contributed by atoms with E-state index in [0.29, 0.717) is 29.7 Å². The third-order valence-electron chi connectivity index (χ3n) is 5.17. The Morgan fingerprint density at radius 1 is 1.25 bits per heavy atom. The maximum Gasteiger partial charge on any atom is 0.416 e. The summed E-state index contributed by atoms with van der Waals surface area (Å²) in [6, 6.07) is 2.29. The molecule has 1 amide bonds. The Morgan fingerprint density at radius 2 is 2.04 bits per heavy atom. The van der Waals surface area contributed by atoms with Crippen molar-refractivity contribution in [1.82, 2.24) is 15.1 Å². The Labute approximate surface area is 136 Å². The zero-order chi connectivity index (χ0) is 17.1. The third-order valence-corrected chi connectivity index (χ3v) is 5.17. The number of carbonyl (C=O) groups is 1. The van der Waals surface area contributed by atoms with Crippen LogP contribution in [-0.4, -0.2) is 47.2 Å². The second kappa shape index (κ2) is 5.12. The molecule has 0 saturated carbocycles. The average molecular weight is 338 g/mol. The fraction of sp³-hybridized carbons (Fsp3) is 0.500. The second-order valence-electron chi connectivity index (χ2n) is 6.61. The number of amides is 1. The van der Waals surface area contributed by atoms with Crippen molar-refractivity contribution in [1.29, 1.82) is 0 Å². The summed E-state index contributed by atoms with van der Waals surface area (Å²) in [5.41, 5.74) is 0.148. The highest BCUT2D eigenvalue weighted by atomic mass is 19.4. The van der Waals surface area contributed by atoms with Gasteiger partial charge < -0.3 is 9.80 Å². The number of nitrogens with one attached hydrogen (secondary N) is 1.